The van der Waals surface area contributed by atoms with Crippen LogP contribution < -0.4 is 0 Å². The molecule has 3 rings (SSSR count). The maximum Gasteiger partial charge on any atom is 0.274 e. The van der Waals surface area contributed by atoms with Crippen LogP contribution in [0.1, 0.15) is 55.4 Å². The van der Waals surface area contributed by atoms with E-state index in [1.165, 1.54) is 5.69 Å². The predicted octanol–water partition coefficient (Wildman–Crippen LogP) is 3.87. The van der Waals surface area contributed by atoms with Crippen LogP contribution in [0.25, 0.3) is 5.69 Å². The zero-order chi connectivity index (χ0) is 17.3. The Morgan fingerprint density at radius 3 is 2.58 bits per heavy atom. The van der Waals surface area contributed by atoms with Crippen LogP contribution in [-0.4, -0.2) is 33.7 Å². The SMILES string of the molecule is CC(C)C[C@@H](C)N(C)C(=O)c1nn(-c2ccccc2)c2c1CCC2. The third-order valence-electron chi connectivity index (χ3n) is 4.93. The van der Waals surface area contributed by atoms with Gasteiger partial charge in [-0.2, -0.15) is 5.10 Å². The van der Waals surface area contributed by atoms with E-state index in [1.54, 1.807) is 0 Å². The highest BCUT2D eigenvalue weighted by molar-refractivity contribution is 5.94. The maximum absolute atomic E-state index is 13.0. The summed E-state index contributed by atoms with van der Waals surface area (Å²) in [5.41, 5.74) is 4.03. The number of hydrogen-bond acceptors (Lipinski definition) is 2. The smallest absolute Gasteiger partial charge is 0.274 e. The van der Waals surface area contributed by atoms with Gasteiger partial charge in [0, 0.05) is 24.3 Å². The molecule has 4 nitrogen and oxygen atoms in total. The molecule has 1 aliphatic rings. The predicted molar refractivity (Wildman–Crippen MR) is 96.6 cm³/mol. The number of rotatable bonds is 5. The van der Waals surface area contributed by atoms with Gasteiger partial charge in [0.25, 0.3) is 5.91 Å². The average molecular weight is 325 g/mol. The number of carbonyl (C=O) groups is 1. The van der Waals surface area contributed by atoms with E-state index in [1.807, 2.05) is 47.0 Å². The Balaban J connectivity index is 1.93. The third-order valence-corrected chi connectivity index (χ3v) is 4.93. The molecule has 0 saturated carbocycles. The van der Waals surface area contributed by atoms with E-state index in [0.29, 0.717) is 11.6 Å². The van der Waals surface area contributed by atoms with Gasteiger partial charge < -0.3 is 4.90 Å². The molecule has 2 aromatic rings. The molecule has 0 radical (unpaired) electrons. The summed E-state index contributed by atoms with van der Waals surface area (Å²) in [6, 6.07) is 10.3. The molecule has 1 aliphatic carbocycles. The largest absolute Gasteiger partial charge is 0.338 e. The quantitative estimate of drug-likeness (QED) is 0.837. The van der Waals surface area contributed by atoms with Crippen molar-refractivity contribution in [1.29, 1.82) is 0 Å². The van der Waals surface area contributed by atoms with Crippen molar-refractivity contribution in [2.45, 2.75) is 52.5 Å². The van der Waals surface area contributed by atoms with E-state index in [9.17, 15) is 4.79 Å². The topological polar surface area (TPSA) is 38.1 Å². The van der Waals surface area contributed by atoms with Crippen molar-refractivity contribution in [3.63, 3.8) is 0 Å². The first kappa shape index (κ1) is 16.7. The second kappa shape index (κ2) is 6.80. The lowest BCUT2D eigenvalue weighted by Gasteiger charge is -2.26. The van der Waals surface area contributed by atoms with Gasteiger partial charge in [0.15, 0.2) is 5.69 Å². The molecule has 0 spiro atoms. The Bertz CT molecular complexity index is 718. The first-order valence-corrected chi connectivity index (χ1v) is 8.92. The van der Waals surface area contributed by atoms with Gasteiger partial charge in [0.1, 0.15) is 0 Å². The molecular formula is C20H27N3O. The van der Waals surface area contributed by atoms with Crippen LogP contribution in [0.3, 0.4) is 0 Å². The summed E-state index contributed by atoms with van der Waals surface area (Å²) >= 11 is 0. The third kappa shape index (κ3) is 3.10. The van der Waals surface area contributed by atoms with Crippen LogP contribution in [-0.2, 0) is 12.8 Å². The van der Waals surface area contributed by atoms with Crippen molar-refractivity contribution >= 4 is 5.91 Å². The molecule has 1 aromatic carbocycles. The summed E-state index contributed by atoms with van der Waals surface area (Å²) < 4.78 is 1.97. The number of carbonyl (C=O) groups excluding carboxylic acids is 1. The minimum atomic E-state index is 0.0518. The summed E-state index contributed by atoms with van der Waals surface area (Å²) in [5, 5.41) is 4.71. The number of nitrogens with zero attached hydrogens (tertiary/aromatic N) is 3. The summed E-state index contributed by atoms with van der Waals surface area (Å²) in [4.78, 5) is 14.9. The standard InChI is InChI=1S/C20H27N3O/c1-14(2)13-15(3)22(4)20(24)19-17-11-8-12-18(17)23(21-19)16-9-6-5-7-10-16/h5-7,9-10,14-15H,8,11-13H2,1-4H3/t15-/m1/s1. The number of hydrogen-bond donors (Lipinski definition) is 0. The van der Waals surface area contributed by atoms with Gasteiger partial charge in [-0.05, 0) is 50.7 Å². The molecule has 0 N–H and O–H groups in total. The van der Waals surface area contributed by atoms with Crippen LogP contribution >= 0.6 is 0 Å². The second-order valence-corrected chi connectivity index (χ2v) is 7.27. The Hall–Kier alpha value is -2.10. The molecule has 24 heavy (non-hydrogen) atoms. The van der Waals surface area contributed by atoms with Gasteiger partial charge in [0.2, 0.25) is 0 Å². The molecule has 0 saturated heterocycles. The highest BCUT2D eigenvalue weighted by Gasteiger charge is 2.29. The summed E-state index contributed by atoms with van der Waals surface area (Å²) in [5.74, 6) is 0.624. The van der Waals surface area contributed by atoms with Crippen LogP contribution in [0, 0.1) is 5.92 Å². The fraction of sp³-hybridized carbons (Fsp3) is 0.500. The second-order valence-electron chi connectivity index (χ2n) is 7.27. The minimum absolute atomic E-state index is 0.0518. The van der Waals surface area contributed by atoms with Crippen molar-refractivity contribution < 1.29 is 4.79 Å². The lowest BCUT2D eigenvalue weighted by Crippen LogP contribution is -2.36. The van der Waals surface area contributed by atoms with Gasteiger partial charge in [-0.1, -0.05) is 32.0 Å². The van der Waals surface area contributed by atoms with Crippen molar-refractivity contribution in [2.24, 2.45) is 5.92 Å². The number of aromatic nitrogens is 2. The molecular weight excluding hydrogens is 298 g/mol. The monoisotopic (exact) mass is 325 g/mol. The molecule has 0 fully saturated rings. The van der Waals surface area contributed by atoms with Crippen molar-refractivity contribution in [3.05, 3.63) is 47.3 Å². The Labute approximate surface area is 144 Å². The first-order valence-electron chi connectivity index (χ1n) is 8.92. The molecule has 0 bridgehead atoms. The van der Waals surface area contributed by atoms with Gasteiger partial charge in [-0.15, -0.1) is 0 Å². The van der Waals surface area contributed by atoms with E-state index in [-0.39, 0.29) is 11.9 Å². The van der Waals surface area contributed by atoms with Crippen LogP contribution in [0.15, 0.2) is 30.3 Å². The molecule has 1 atom stereocenters. The maximum atomic E-state index is 13.0. The van der Waals surface area contributed by atoms with Crippen molar-refractivity contribution in [2.75, 3.05) is 7.05 Å². The Morgan fingerprint density at radius 1 is 1.21 bits per heavy atom. The normalized spacial score (nSPS) is 14.7. The number of fused-ring (bicyclic) bond motifs is 1. The van der Waals surface area contributed by atoms with Crippen LogP contribution in [0.4, 0.5) is 0 Å². The molecule has 1 heterocycles. The van der Waals surface area contributed by atoms with E-state index in [0.717, 1.165) is 36.9 Å². The number of amides is 1. The summed E-state index contributed by atoms with van der Waals surface area (Å²) in [6.45, 7) is 6.50. The first-order chi connectivity index (χ1) is 11.5. The Kier molecular flexibility index (Phi) is 4.74. The van der Waals surface area contributed by atoms with Gasteiger partial charge in [0.05, 0.1) is 5.69 Å². The number of benzene rings is 1. The zero-order valence-electron chi connectivity index (χ0n) is 15.1. The fourth-order valence-corrected chi connectivity index (χ4v) is 3.60. The lowest BCUT2D eigenvalue weighted by atomic mass is 10.0. The lowest BCUT2D eigenvalue weighted by molar-refractivity contribution is 0.0720. The summed E-state index contributed by atoms with van der Waals surface area (Å²) in [7, 11) is 1.90. The highest BCUT2D eigenvalue weighted by atomic mass is 16.2. The fourth-order valence-electron chi connectivity index (χ4n) is 3.60. The minimum Gasteiger partial charge on any atom is -0.338 e. The highest BCUT2D eigenvalue weighted by Crippen LogP contribution is 2.29. The average Bonchev–Trinajstić information content (AvgIpc) is 3.15. The van der Waals surface area contributed by atoms with Crippen LogP contribution in [0.2, 0.25) is 0 Å². The van der Waals surface area contributed by atoms with Gasteiger partial charge in [-0.3, -0.25) is 4.79 Å². The molecule has 4 heteroatoms. The molecule has 1 amide bonds. The summed E-state index contributed by atoms with van der Waals surface area (Å²) in [6.07, 6.45) is 4.06. The molecule has 1 aromatic heterocycles. The molecule has 0 unspecified atom stereocenters. The van der Waals surface area contributed by atoms with Crippen molar-refractivity contribution in [3.8, 4) is 5.69 Å². The Morgan fingerprint density at radius 2 is 1.92 bits per heavy atom. The zero-order valence-corrected chi connectivity index (χ0v) is 15.1. The van der Waals surface area contributed by atoms with E-state index < -0.39 is 0 Å². The van der Waals surface area contributed by atoms with E-state index in [2.05, 4.69) is 20.8 Å². The number of para-hydroxylation sites is 1. The molecule has 128 valence electrons. The van der Waals surface area contributed by atoms with Gasteiger partial charge in [-0.25, -0.2) is 4.68 Å². The van der Waals surface area contributed by atoms with Crippen LogP contribution in [0.5, 0.6) is 0 Å². The van der Waals surface area contributed by atoms with E-state index >= 15 is 0 Å². The van der Waals surface area contributed by atoms with E-state index in [4.69, 9.17) is 5.10 Å². The van der Waals surface area contributed by atoms with Crippen molar-refractivity contribution in [1.82, 2.24) is 14.7 Å². The van der Waals surface area contributed by atoms with Gasteiger partial charge >= 0.3 is 0 Å². The molecule has 0 aliphatic heterocycles.